The lowest BCUT2D eigenvalue weighted by atomic mass is 10.1. The molecule has 0 saturated heterocycles. The van der Waals surface area contributed by atoms with E-state index in [4.69, 9.17) is 34.7 Å². The van der Waals surface area contributed by atoms with Crippen molar-refractivity contribution in [3.8, 4) is 16.8 Å². The number of hydrogen-bond donors (Lipinski definition) is 2. The van der Waals surface area contributed by atoms with Crippen molar-refractivity contribution in [2.45, 2.75) is 4.90 Å². The minimum absolute atomic E-state index is 0.0326. The van der Waals surface area contributed by atoms with E-state index >= 15 is 0 Å². The molecule has 130 valence electrons. The highest BCUT2D eigenvalue weighted by Gasteiger charge is 2.15. The van der Waals surface area contributed by atoms with E-state index in [0.29, 0.717) is 26.9 Å². The summed E-state index contributed by atoms with van der Waals surface area (Å²) in [4.78, 5) is 4.04. The van der Waals surface area contributed by atoms with Gasteiger partial charge < -0.3 is 11.5 Å². The Hall–Kier alpha value is -2.29. The first-order valence-electron chi connectivity index (χ1n) is 6.95. The fourth-order valence-electron chi connectivity index (χ4n) is 2.36. The molecule has 4 N–H and O–H groups in total. The normalized spacial score (nSPS) is 11.6. The first-order valence-corrected chi connectivity index (χ1v) is 9.59. The smallest absolute Gasteiger partial charge is 0.241 e. The Bertz CT molecular complexity index is 1040. The maximum absolute atomic E-state index is 11.6. The van der Waals surface area contributed by atoms with Gasteiger partial charge >= 0.3 is 0 Å². The molecule has 0 unspecified atom stereocenters. The van der Waals surface area contributed by atoms with E-state index in [-0.39, 0.29) is 16.8 Å². The Kier molecular flexibility index (Phi) is 4.36. The highest BCUT2D eigenvalue weighted by Crippen LogP contribution is 2.37. The number of anilines is 2. The van der Waals surface area contributed by atoms with Gasteiger partial charge in [0.05, 0.1) is 20.6 Å². The second-order valence-corrected chi connectivity index (χ2v) is 8.15. The first-order chi connectivity index (χ1) is 11.7. The van der Waals surface area contributed by atoms with Gasteiger partial charge in [0, 0.05) is 11.8 Å². The molecule has 25 heavy (non-hydrogen) atoms. The van der Waals surface area contributed by atoms with E-state index in [0.717, 1.165) is 6.26 Å². The minimum Gasteiger partial charge on any atom is -0.368 e. The molecule has 0 aliphatic rings. The van der Waals surface area contributed by atoms with Crippen LogP contribution in [0.4, 0.5) is 11.9 Å². The van der Waals surface area contributed by atoms with Crippen LogP contribution in [0.25, 0.3) is 16.8 Å². The molecule has 0 aliphatic heterocycles. The largest absolute Gasteiger partial charge is 0.368 e. The van der Waals surface area contributed by atoms with Crippen LogP contribution in [0.2, 0.25) is 10.0 Å². The molecular weight excluding hydrogens is 385 g/mol. The molecule has 0 spiro atoms. The average Bonchev–Trinajstić information content (AvgIpc) is 2.85. The standard InChI is InChI=1S/C15H13Cl2N5O2S/c1-25(23,24)10-4-2-8(3-5-10)13-11(16)6-9(7-12(13)17)22-15(19)20-14(18)21-22/h2-7H,1H3,(H4,18,19,20,21). The maximum Gasteiger partial charge on any atom is 0.241 e. The topological polar surface area (TPSA) is 117 Å². The molecule has 0 saturated carbocycles. The zero-order chi connectivity index (χ0) is 18.4. The van der Waals surface area contributed by atoms with Crippen LogP contribution >= 0.6 is 23.2 Å². The van der Waals surface area contributed by atoms with Crippen molar-refractivity contribution in [1.29, 1.82) is 0 Å². The SMILES string of the molecule is CS(=O)(=O)c1ccc(-c2c(Cl)cc(-n3nc(N)nc3N)cc2Cl)cc1. The third-order valence-electron chi connectivity index (χ3n) is 3.49. The Morgan fingerprint density at radius 2 is 1.60 bits per heavy atom. The number of rotatable bonds is 3. The summed E-state index contributed by atoms with van der Waals surface area (Å²) in [7, 11) is -3.28. The molecule has 2 aromatic carbocycles. The Morgan fingerprint density at radius 3 is 2.04 bits per heavy atom. The summed E-state index contributed by atoms with van der Waals surface area (Å²) in [5.74, 6) is 0.139. The summed E-state index contributed by atoms with van der Waals surface area (Å²) in [6.07, 6.45) is 1.14. The fraction of sp³-hybridized carbons (Fsp3) is 0.0667. The number of nitrogens with zero attached hydrogens (tertiary/aromatic N) is 3. The van der Waals surface area contributed by atoms with Crippen LogP contribution in [0.5, 0.6) is 0 Å². The summed E-state index contributed by atoms with van der Waals surface area (Å²) in [6, 6.07) is 9.54. The molecule has 0 atom stereocenters. The molecule has 10 heteroatoms. The summed E-state index contributed by atoms with van der Waals surface area (Å²) in [5.41, 5.74) is 13.0. The van der Waals surface area contributed by atoms with Gasteiger partial charge in [0.25, 0.3) is 0 Å². The predicted octanol–water partition coefficient (Wildman–Crippen LogP) is 2.81. The molecule has 1 aromatic heterocycles. The van der Waals surface area contributed by atoms with Crippen molar-refractivity contribution in [3.63, 3.8) is 0 Å². The zero-order valence-electron chi connectivity index (χ0n) is 12.9. The van der Waals surface area contributed by atoms with Crippen LogP contribution in [0.15, 0.2) is 41.3 Å². The number of benzene rings is 2. The molecule has 0 amide bonds. The summed E-state index contributed by atoms with van der Waals surface area (Å²) >= 11 is 12.7. The van der Waals surface area contributed by atoms with Crippen LogP contribution in [0.3, 0.4) is 0 Å². The second kappa shape index (κ2) is 6.21. The molecule has 0 bridgehead atoms. The molecule has 3 rings (SSSR count). The summed E-state index contributed by atoms with van der Waals surface area (Å²) in [6.45, 7) is 0. The number of nitrogens with two attached hydrogens (primary N) is 2. The molecule has 0 radical (unpaired) electrons. The van der Waals surface area contributed by atoms with E-state index < -0.39 is 9.84 Å². The van der Waals surface area contributed by atoms with Crippen molar-refractivity contribution >= 4 is 44.9 Å². The van der Waals surface area contributed by atoms with E-state index in [2.05, 4.69) is 10.1 Å². The quantitative estimate of drug-likeness (QED) is 0.701. The van der Waals surface area contributed by atoms with Crippen molar-refractivity contribution in [2.24, 2.45) is 0 Å². The van der Waals surface area contributed by atoms with Gasteiger partial charge in [-0.25, -0.2) is 8.42 Å². The van der Waals surface area contributed by atoms with Gasteiger partial charge in [0.2, 0.25) is 11.9 Å². The van der Waals surface area contributed by atoms with E-state index in [9.17, 15) is 8.42 Å². The minimum atomic E-state index is -3.28. The number of sulfone groups is 1. The number of nitrogen functional groups attached to an aromatic ring is 2. The van der Waals surface area contributed by atoms with Gasteiger partial charge in [-0.1, -0.05) is 35.3 Å². The summed E-state index contributed by atoms with van der Waals surface area (Å²) < 4.78 is 24.4. The lowest BCUT2D eigenvalue weighted by Crippen LogP contribution is -2.03. The van der Waals surface area contributed by atoms with Crippen molar-refractivity contribution in [1.82, 2.24) is 14.8 Å². The monoisotopic (exact) mass is 397 g/mol. The van der Waals surface area contributed by atoms with E-state index in [1.54, 1.807) is 24.3 Å². The third-order valence-corrected chi connectivity index (χ3v) is 5.22. The highest BCUT2D eigenvalue weighted by molar-refractivity contribution is 7.90. The molecular formula is C15H13Cl2N5O2S. The number of aromatic nitrogens is 3. The molecule has 7 nitrogen and oxygen atoms in total. The predicted molar refractivity (Wildman–Crippen MR) is 98.7 cm³/mol. The average molecular weight is 398 g/mol. The maximum atomic E-state index is 11.6. The summed E-state index contributed by atoms with van der Waals surface area (Å²) in [5, 5.41) is 4.68. The van der Waals surface area contributed by atoms with Gasteiger partial charge in [-0.2, -0.15) is 9.67 Å². The van der Waals surface area contributed by atoms with Gasteiger partial charge in [-0.3, -0.25) is 0 Å². The van der Waals surface area contributed by atoms with Crippen LogP contribution in [-0.4, -0.2) is 29.4 Å². The lowest BCUT2D eigenvalue weighted by Gasteiger charge is -2.11. The van der Waals surface area contributed by atoms with Crippen molar-refractivity contribution in [3.05, 3.63) is 46.4 Å². The van der Waals surface area contributed by atoms with Gasteiger partial charge in [0.15, 0.2) is 9.84 Å². The number of hydrogen-bond acceptors (Lipinski definition) is 6. The zero-order valence-corrected chi connectivity index (χ0v) is 15.3. The van der Waals surface area contributed by atoms with Gasteiger partial charge in [-0.05, 0) is 29.8 Å². The van der Waals surface area contributed by atoms with Crippen LogP contribution in [-0.2, 0) is 9.84 Å². The molecule has 0 fully saturated rings. The van der Waals surface area contributed by atoms with Crippen LogP contribution in [0.1, 0.15) is 0 Å². The molecule has 1 heterocycles. The lowest BCUT2D eigenvalue weighted by molar-refractivity contribution is 0.602. The van der Waals surface area contributed by atoms with E-state index in [1.807, 2.05) is 0 Å². The number of halogens is 2. The van der Waals surface area contributed by atoms with Crippen molar-refractivity contribution < 1.29 is 8.42 Å². The Morgan fingerprint density at radius 1 is 1.04 bits per heavy atom. The van der Waals surface area contributed by atoms with Crippen LogP contribution in [0, 0.1) is 0 Å². The Balaban J connectivity index is 2.08. The first kappa shape index (κ1) is 17.5. The van der Waals surface area contributed by atoms with Crippen molar-refractivity contribution in [2.75, 3.05) is 17.7 Å². The second-order valence-electron chi connectivity index (χ2n) is 5.32. The fourth-order valence-corrected chi connectivity index (χ4v) is 3.68. The van der Waals surface area contributed by atoms with E-state index in [1.165, 1.54) is 16.8 Å². The van der Waals surface area contributed by atoms with Gasteiger partial charge in [-0.15, -0.1) is 5.10 Å². The van der Waals surface area contributed by atoms with Gasteiger partial charge in [0.1, 0.15) is 0 Å². The highest BCUT2D eigenvalue weighted by atomic mass is 35.5. The third kappa shape index (κ3) is 3.41. The molecule has 3 aromatic rings. The van der Waals surface area contributed by atoms with Crippen LogP contribution < -0.4 is 11.5 Å². The Labute approximate surface area is 154 Å². The molecule has 0 aliphatic carbocycles.